The summed E-state index contributed by atoms with van der Waals surface area (Å²) in [6.07, 6.45) is 0. The van der Waals surface area contributed by atoms with E-state index in [4.69, 9.17) is 10.5 Å². The lowest BCUT2D eigenvalue weighted by Crippen LogP contribution is -1.93. The van der Waals surface area contributed by atoms with Crippen LogP contribution in [0.3, 0.4) is 0 Å². The molecular formula is C7H7BrFNO. The Balaban J connectivity index is 3.29. The number of hydrogen-bond acceptors (Lipinski definition) is 2. The molecule has 11 heavy (non-hydrogen) atoms. The fourth-order valence-electron chi connectivity index (χ4n) is 0.735. The van der Waals surface area contributed by atoms with Crippen molar-refractivity contribution < 1.29 is 9.13 Å². The number of ether oxygens (including phenoxy) is 1. The Morgan fingerprint density at radius 2 is 2.18 bits per heavy atom. The minimum atomic E-state index is -0.423. The van der Waals surface area contributed by atoms with Gasteiger partial charge in [-0.3, -0.25) is 0 Å². The van der Waals surface area contributed by atoms with E-state index in [1.165, 1.54) is 19.2 Å². The molecule has 0 heterocycles. The van der Waals surface area contributed by atoms with Gasteiger partial charge in [-0.05, 0) is 28.1 Å². The third kappa shape index (κ3) is 1.45. The Kier molecular flexibility index (Phi) is 2.34. The number of benzene rings is 1. The number of hydrogen-bond donors (Lipinski definition) is 1. The number of anilines is 1. The van der Waals surface area contributed by atoms with Crippen molar-refractivity contribution in [3.05, 3.63) is 22.4 Å². The molecule has 4 heteroatoms. The van der Waals surface area contributed by atoms with Gasteiger partial charge in [0.25, 0.3) is 0 Å². The van der Waals surface area contributed by atoms with Crippen LogP contribution < -0.4 is 10.5 Å². The van der Waals surface area contributed by atoms with Gasteiger partial charge in [-0.15, -0.1) is 0 Å². The topological polar surface area (TPSA) is 35.2 Å². The molecule has 60 valence electrons. The Bertz CT molecular complexity index is 277. The predicted molar refractivity (Wildman–Crippen MR) is 45.1 cm³/mol. The van der Waals surface area contributed by atoms with Crippen molar-refractivity contribution in [3.63, 3.8) is 0 Å². The molecule has 0 aliphatic rings. The quantitative estimate of drug-likeness (QED) is 0.736. The maximum absolute atomic E-state index is 12.8. The number of halogens is 2. The van der Waals surface area contributed by atoms with E-state index < -0.39 is 5.82 Å². The first-order chi connectivity index (χ1) is 5.16. The summed E-state index contributed by atoms with van der Waals surface area (Å²) in [5.41, 5.74) is 5.93. The van der Waals surface area contributed by atoms with E-state index in [1.807, 2.05) is 0 Å². The maximum Gasteiger partial charge on any atom is 0.170 e. The van der Waals surface area contributed by atoms with Crippen LogP contribution in [0.15, 0.2) is 16.6 Å². The van der Waals surface area contributed by atoms with Crippen molar-refractivity contribution in [2.45, 2.75) is 0 Å². The number of methoxy groups -OCH3 is 1. The van der Waals surface area contributed by atoms with Crippen LogP contribution in [0.2, 0.25) is 0 Å². The lowest BCUT2D eigenvalue weighted by molar-refractivity contribution is 0.384. The highest BCUT2D eigenvalue weighted by Crippen LogP contribution is 2.32. The third-order valence-corrected chi connectivity index (χ3v) is 2.10. The lowest BCUT2D eigenvalue weighted by Gasteiger charge is -2.05. The van der Waals surface area contributed by atoms with E-state index in [0.717, 1.165) is 0 Å². The molecule has 0 saturated heterocycles. The fourth-order valence-corrected chi connectivity index (χ4v) is 1.22. The van der Waals surface area contributed by atoms with Crippen LogP contribution >= 0.6 is 15.9 Å². The fraction of sp³-hybridized carbons (Fsp3) is 0.143. The normalized spacial score (nSPS) is 9.73. The van der Waals surface area contributed by atoms with Gasteiger partial charge in [-0.25, -0.2) is 4.39 Å². The van der Waals surface area contributed by atoms with Crippen LogP contribution in [0.25, 0.3) is 0 Å². The molecule has 2 nitrogen and oxygen atoms in total. The first kappa shape index (κ1) is 8.33. The minimum Gasteiger partial charge on any atom is -0.492 e. The molecule has 0 unspecified atom stereocenters. The van der Waals surface area contributed by atoms with E-state index in [-0.39, 0.29) is 5.75 Å². The molecule has 0 fully saturated rings. The number of nitrogen functional groups attached to an aromatic ring is 1. The van der Waals surface area contributed by atoms with Crippen LogP contribution in [-0.2, 0) is 0 Å². The number of nitrogens with two attached hydrogens (primary N) is 1. The molecule has 0 spiro atoms. The summed E-state index contributed by atoms with van der Waals surface area (Å²) in [6.45, 7) is 0. The predicted octanol–water partition coefficient (Wildman–Crippen LogP) is 2.18. The molecule has 2 N–H and O–H groups in total. The molecule has 0 atom stereocenters. The largest absolute Gasteiger partial charge is 0.492 e. The molecule has 1 aromatic rings. The van der Waals surface area contributed by atoms with Gasteiger partial charge in [0.2, 0.25) is 0 Å². The second kappa shape index (κ2) is 3.09. The zero-order valence-corrected chi connectivity index (χ0v) is 7.48. The molecule has 0 saturated carbocycles. The van der Waals surface area contributed by atoms with Crippen LogP contribution in [0.4, 0.5) is 10.1 Å². The van der Waals surface area contributed by atoms with Crippen molar-refractivity contribution in [2.75, 3.05) is 12.8 Å². The van der Waals surface area contributed by atoms with Gasteiger partial charge in [0.05, 0.1) is 11.6 Å². The van der Waals surface area contributed by atoms with Crippen molar-refractivity contribution in [1.82, 2.24) is 0 Å². The third-order valence-electron chi connectivity index (χ3n) is 1.28. The van der Waals surface area contributed by atoms with Crippen molar-refractivity contribution in [1.29, 1.82) is 0 Å². The van der Waals surface area contributed by atoms with Crippen molar-refractivity contribution >= 4 is 21.6 Å². The molecule has 1 rings (SSSR count). The molecule has 0 aliphatic carbocycles. The van der Waals surface area contributed by atoms with E-state index >= 15 is 0 Å². The standard InChI is InChI=1S/C7H7BrFNO/c1-11-7-4(9)2-3-5(10)6(7)8/h2-3H,10H2,1H3. The zero-order chi connectivity index (χ0) is 8.43. The van der Waals surface area contributed by atoms with Crippen LogP contribution in [-0.4, -0.2) is 7.11 Å². The van der Waals surface area contributed by atoms with Gasteiger partial charge in [0.1, 0.15) is 0 Å². The monoisotopic (exact) mass is 219 g/mol. The highest BCUT2D eigenvalue weighted by Gasteiger charge is 2.08. The number of rotatable bonds is 1. The Morgan fingerprint density at radius 3 is 2.64 bits per heavy atom. The molecule has 0 amide bonds. The van der Waals surface area contributed by atoms with Crippen LogP contribution in [0.5, 0.6) is 5.75 Å². The SMILES string of the molecule is COc1c(F)ccc(N)c1Br. The highest BCUT2D eigenvalue weighted by atomic mass is 79.9. The summed E-state index contributed by atoms with van der Waals surface area (Å²) < 4.78 is 18.0. The van der Waals surface area contributed by atoms with E-state index in [2.05, 4.69) is 15.9 Å². The van der Waals surface area contributed by atoms with Gasteiger partial charge >= 0.3 is 0 Å². The molecular weight excluding hydrogens is 213 g/mol. The summed E-state index contributed by atoms with van der Waals surface area (Å²) in [4.78, 5) is 0. The Morgan fingerprint density at radius 1 is 1.55 bits per heavy atom. The minimum absolute atomic E-state index is 0.144. The van der Waals surface area contributed by atoms with Crippen molar-refractivity contribution in [2.24, 2.45) is 0 Å². The molecule has 0 bridgehead atoms. The Hall–Kier alpha value is -0.770. The summed E-state index contributed by atoms with van der Waals surface area (Å²) in [5, 5.41) is 0. The zero-order valence-electron chi connectivity index (χ0n) is 5.90. The van der Waals surface area contributed by atoms with Crippen LogP contribution in [0, 0.1) is 5.82 Å². The molecule has 0 aromatic heterocycles. The average Bonchev–Trinajstić information content (AvgIpc) is 1.99. The van der Waals surface area contributed by atoms with E-state index in [0.29, 0.717) is 10.2 Å². The Labute approximate surface area is 72.3 Å². The van der Waals surface area contributed by atoms with Gasteiger partial charge in [-0.2, -0.15) is 0 Å². The highest BCUT2D eigenvalue weighted by molar-refractivity contribution is 9.10. The molecule has 1 aromatic carbocycles. The summed E-state index contributed by atoms with van der Waals surface area (Å²) >= 11 is 3.10. The lowest BCUT2D eigenvalue weighted by atomic mass is 10.3. The van der Waals surface area contributed by atoms with E-state index in [1.54, 1.807) is 0 Å². The molecule has 0 aliphatic heterocycles. The van der Waals surface area contributed by atoms with E-state index in [9.17, 15) is 4.39 Å². The maximum atomic E-state index is 12.8. The van der Waals surface area contributed by atoms with Gasteiger partial charge in [-0.1, -0.05) is 0 Å². The average molecular weight is 220 g/mol. The summed E-state index contributed by atoms with van der Waals surface area (Å²) in [7, 11) is 1.39. The molecule has 0 radical (unpaired) electrons. The first-order valence-electron chi connectivity index (χ1n) is 2.94. The smallest absolute Gasteiger partial charge is 0.170 e. The van der Waals surface area contributed by atoms with Gasteiger partial charge < -0.3 is 10.5 Å². The van der Waals surface area contributed by atoms with Gasteiger partial charge in [0, 0.05) is 5.69 Å². The second-order valence-electron chi connectivity index (χ2n) is 1.98. The van der Waals surface area contributed by atoms with Crippen LogP contribution in [0.1, 0.15) is 0 Å². The summed E-state index contributed by atoms with van der Waals surface area (Å²) in [6, 6.07) is 2.74. The van der Waals surface area contributed by atoms with Gasteiger partial charge in [0.15, 0.2) is 11.6 Å². The first-order valence-corrected chi connectivity index (χ1v) is 3.73. The van der Waals surface area contributed by atoms with Crippen molar-refractivity contribution in [3.8, 4) is 5.75 Å². The second-order valence-corrected chi connectivity index (χ2v) is 2.78. The summed E-state index contributed by atoms with van der Waals surface area (Å²) in [5.74, 6) is -0.279.